The summed E-state index contributed by atoms with van der Waals surface area (Å²) >= 11 is 0. The third kappa shape index (κ3) is 5.57. The van der Waals surface area contributed by atoms with Crippen LogP contribution in [0.2, 0.25) is 0 Å². The van der Waals surface area contributed by atoms with Crippen LogP contribution in [0.3, 0.4) is 0 Å². The van der Waals surface area contributed by atoms with Gasteiger partial charge in [-0.25, -0.2) is 5.43 Å². The van der Waals surface area contributed by atoms with Crippen molar-refractivity contribution in [1.82, 2.24) is 5.43 Å². The van der Waals surface area contributed by atoms with Gasteiger partial charge in [-0.3, -0.25) is 9.59 Å². The van der Waals surface area contributed by atoms with Gasteiger partial charge in [0.05, 0.1) is 20.4 Å². The van der Waals surface area contributed by atoms with Gasteiger partial charge >= 0.3 is 0 Å². The Kier molecular flexibility index (Phi) is 6.93. The first-order valence-corrected chi connectivity index (χ1v) is 8.37. The van der Waals surface area contributed by atoms with Crippen LogP contribution in [-0.2, 0) is 9.59 Å². The standard InChI is InChI=1S/C20H23N3O4/c1-13-11-18(27-4)8-5-15(13)12-21-23-20(25)14(2)19(24)22-16-6-9-17(26-3)10-7-16/h5-12,14H,1-4H3,(H,22,24)(H,23,25). The summed E-state index contributed by atoms with van der Waals surface area (Å²) in [6.45, 7) is 3.43. The number of aryl methyl sites for hydroxylation is 1. The predicted molar refractivity (Wildman–Crippen MR) is 104 cm³/mol. The highest BCUT2D eigenvalue weighted by atomic mass is 16.5. The molecule has 0 spiro atoms. The van der Waals surface area contributed by atoms with Crippen LogP contribution >= 0.6 is 0 Å². The van der Waals surface area contributed by atoms with E-state index in [0.717, 1.165) is 16.9 Å². The largest absolute Gasteiger partial charge is 0.497 e. The molecule has 2 amide bonds. The summed E-state index contributed by atoms with van der Waals surface area (Å²) in [5.74, 6) is -0.391. The van der Waals surface area contributed by atoms with Gasteiger partial charge in [0.25, 0.3) is 5.91 Å². The summed E-state index contributed by atoms with van der Waals surface area (Å²) in [6, 6.07) is 12.4. The fourth-order valence-electron chi connectivity index (χ4n) is 2.23. The summed E-state index contributed by atoms with van der Waals surface area (Å²) in [6.07, 6.45) is 1.53. The fraction of sp³-hybridized carbons (Fsp3) is 0.250. The van der Waals surface area contributed by atoms with E-state index < -0.39 is 17.7 Å². The monoisotopic (exact) mass is 369 g/mol. The second kappa shape index (κ2) is 9.38. The molecule has 1 unspecified atom stereocenters. The van der Waals surface area contributed by atoms with Crippen molar-refractivity contribution in [3.8, 4) is 11.5 Å². The van der Waals surface area contributed by atoms with Crippen molar-refractivity contribution in [1.29, 1.82) is 0 Å². The SMILES string of the molecule is COc1ccc(NC(=O)C(C)C(=O)NN=Cc2ccc(OC)cc2C)cc1. The zero-order valence-corrected chi connectivity index (χ0v) is 15.8. The maximum Gasteiger partial charge on any atom is 0.252 e. The topological polar surface area (TPSA) is 89.0 Å². The highest BCUT2D eigenvalue weighted by Crippen LogP contribution is 2.16. The maximum absolute atomic E-state index is 12.2. The van der Waals surface area contributed by atoms with Gasteiger partial charge in [-0.1, -0.05) is 0 Å². The first-order chi connectivity index (χ1) is 12.9. The minimum Gasteiger partial charge on any atom is -0.497 e. The molecule has 2 rings (SSSR count). The molecule has 0 fully saturated rings. The number of nitrogens with zero attached hydrogens (tertiary/aromatic N) is 1. The molecule has 2 aromatic rings. The molecular formula is C20H23N3O4. The van der Waals surface area contributed by atoms with Crippen LogP contribution in [0.1, 0.15) is 18.1 Å². The van der Waals surface area contributed by atoms with Crippen LogP contribution in [0, 0.1) is 12.8 Å². The number of hydrogen-bond acceptors (Lipinski definition) is 5. The zero-order valence-electron chi connectivity index (χ0n) is 15.8. The second-order valence-corrected chi connectivity index (χ2v) is 5.90. The van der Waals surface area contributed by atoms with Gasteiger partial charge < -0.3 is 14.8 Å². The van der Waals surface area contributed by atoms with Crippen LogP contribution in [0.15, 0.2) is 47.6 Å². The third-order valence-electron chi connectivity index (χ3n) is 4.00. The first kappa shape index (κ1) is 20.0. The van der Waals surface area contributed by atoms with Crippen molar-refractivity contribution in [2.45, 2.75) is 13.8 Å². The van der Waals surface area contributed by atoms with Crippen molar-refractivity contribution in [3.05, 3.63) is 53.6 Å². The molecule has 7 nitrogen and oxygen atoms in total. The molecule has 142 valence electrons. The Morgan fingerprint density at radius 1 is 1.00 bits per heavy atom. The molecule has 1 atom stereocenters. The Morgan fingerprint density at radius 3 is 2.22 bits per heavy atom. The Balaban J connectivity index is 1.91. The highest BCUT2D eigenvalue weighted by Gasteiger charge is 2.21. The molecule has 0 heterocycles. The number of carbonyl (C=O) groups excluding carboxylic acids is 2. The zero-order chi connectivity index (χ0) is 19.8. The third-order valence-corrected chi connectivity index (χ3v) is 4.00. The average Bonchev–Trinajstić information content (AvgIpc) is 2.68. The molecular weight excluding hydrogens is 346 g/mol. The van der Waals surface area contributed by atoms with Gasteiger partial charge in [-0.15, -0.1) is 0 Å². The lowest BCUT2D eigenvalue weighted by Gasteiger charge is -2.11. The predicted octanol–water partition coefficient (Wildman–Crippen LogP) is 2.74. The minimum absolute atomic E-state index is 0.423. The molecule has 27 heavy (non-hydrogen) atoms. The van der Waals surface area contributed by atoms with Crippen LogP contribution in [-0.4, -0.2) is 32.2 Å². The number of hydrazone groups is 1. The fourth-order valence-corrected chi connectivity index (χ4v) is 2.23. The number of nitrogens with one attached hydrogen (secondary N) is 2. The van der Waals surface area contributed by atoms with Crippen molar-refractivity contribution < 1.29 is 19.1 Å². The van der Waals surface area contributed by atoms with Crippen LogP contribution < -0.4 is 20.2 Å². The molecule has 0 bridgehead atoms. The number of hydrogen-bond donors (Lipinski definition) is 2. The van der Waals surface area contributed by atoms with E-state index in [4.69, 9.17) is 9.47 Å². The summed E-state index contributed by atoms with van der Waals surface area (Å²) in [7, 11) is 3.16. The number of ether oxygens (including phenoxy) is 2. The van der Waals surface area contributed by atoms with Gasteiger partial charge in [0.15, 0.2) is 0 Å². The number of carbonyl (C=O) groups is 2. The summed E-state index contributed by atoms with van der Waals surface area (Å²) in [5, 5.41) is 6.61. The van der Waals surface area contributed by atoms with Crippen LogP contribution in [0.5, 0.6) is 11.5 Å². The lowest BCUT2D eigenvalue weighted by atomic mass is 10.1. The molecule has 0 aromatic heterocycles. The van der Waals surface area contributed by atoms with Crippen LogP contribution in [0.4, 0.5) is 5.69 Å². The summed E-state index contributed by atoms with van der Waals surface area (Å²) in [5.41, 5.74) is 4.77. The number of amides is 2. The van der Waals surface area contributed by atoms with E-state index in [1.165, 1.54) is 13.1 Å². The van der Waals surface area contributed by atoms with Crippen molar-refractivity contribution in [2.24, 2.45) is 11.0 Å². The van der Waals surface area contributed by atoms with Gasteiger partial charge in [0.1, 0.15) is 17.4 Å². The van der Waals surface area contributed by atoms with E-state index in [1.54, 1.807) is 44.6 Å². The quantitative estimate of drug-likeness (QED) is 0.446. The lowest BCUT2D eigenvalue weighted by molar-refractivity contribution is -0.131. The van der Waals surface area contributed by atoms with Gasteiger partial charge in [0, 0.05) is 5.69 Å². The van der Waals surface area contributed by atoms with Gasteiger partial charge in [-0.2, -0.15) is 5.10 Å². The molecule has 0 radical (unpaired) electrons. The van der Waals surface area contributed by atoms with Crippen molar-refractivity contribution in [3.63, 3.8) is 0 Å². The molecule has 0 aliphatic carbocycles. The Morgan fingerprint density at radius 2 is 1.63 bits per heavy atom. The lowest BCUT2D eigenvalue weighted by Crippen LogP contribution is -2.34. The van der Waals surface area contributed by atoms with Crippen molar-refractivity contribution >= 4 is 23.7 Å². The summed E-state index contributed by atoms with van der Waals surface area (Å²) in [4.78, 5) is 24.3. The maximum atomic E-state index is 12.2. The molecule has 0 saturated carbocycles. The van der Waals surface area contributed by atoms with E-state index >= 15 is 0 Å². The second-order valence-electron chi connectivity index (χ2n) is 5.90. The van der Waals surface area contributed by atoms with E-state index in [-0.39, 0.29) is 0 Å². The molecule has 2 N–H and O–H groups in total. The van der Waals surface area contributed by atoms with Crippen LogP contribution in [0.25, 0.3) is 0 Å². The number of benzene rings is 2. The Hall–Kier alpha value is -3.35. The molecule has 0 saturated heterocycles. The van der Waals surface area contributed by atoms with Crippen molar-refractivity contribution in [2.75, 3.05) is 19.5 Å². The highest BCUT2D eigenvalue weighted by molar-refractivity contribution is 6.06. The molecule has 7 heteroatoms. The van der Waals surface area contributed by atoms with E-state index in [2.05, 4.69) is 15.8 Å². The smallest absolute Gasteiger partial charge is 0.252 e. The van der Waals surface area contributed by atoms with Gasteiger partial charge in [0.2, 0.25) is 5.91 Å². The Labute approximate surface area is 158 Å². The molecule has 2 aromatic carbocycles. The first-order valence-electron chi connectivity index (χ1n) is 8.37. The van der Waals surface area contributed by atoms with E-state index in [0.29, 0.717) is 11.4 Å². The average molecular weight is 369 g/mol. The Bertz CT molecular complexity index is 832. The summed E-state index contributed by atoms with van der Waals surface area (Å²) < 4.78 is 10.2. The number of methoxy groups -OCH3 is 2. The normalized spacial score (nSPS) is 11.7. The van der Waals surface area contributed by atoms with E-state index in [1.807, 2.05) is 19.1 Å². The number of rotatable bonds is 7. The molecule has 0 aliphatic heterocycles. The van der Waals surface area contributed by atoms with Gasteiger partial charge in [-0.05, 0) is 67.4 Å². The number of anilines is 1. The molecule has 0 aliphatic rings. The van der Waals surface area contributed by atoms with E-state index in [9.17, 15) is 9.59 Å². The minimum atomic E-state index is -0.902.